The third-order valence-corrected chi connectivity index (χ3v) is 3.28. The minimum Gasteiger partial charge on any atom is -0.379 e. The predicted molar refractivity (Wildman–Crippen MR) is 72.9 cm³/mol. The lowest BCUT2D eigenvalue weighted by Gasteiger charge is -2.14. The Labute approximate surface area is 103 Å². The normalized spacial score (nSPS) is 12.8. The van der Waals surface area contributed by atoms with E-state index in [1.165, 1.54) is 16.3 Å². The van der Waals surface area contributed by atoms with Gasteiger partial charge in [0.15, 0.2) is 0 Å². The van der Waals surface area contributed by atoms with Crippen molar-refractivity contribution >= 4 is 10.8 Å². The number of rotatable bonds is 5. The van der Waals surface area contributed by atoms with Crippen LogP contribution in [0.1, 0.15) is 31.2 Å². The first-order chi connectivity index (χ1) is 8.33. The molecule has 0 N–H and O–H groups in total. The minimum atomic E-state index is 0.566. The molecule has 2 aromatic carbocycles. The molecule has 1 radical (unpaired) electrons. The molecular weight excluding hydrogens is 208 g/mol. The van der Waals surface area contributed by atoms with Gasteiger partial charge in [-0.3, -0.25) is 0 Å². The molecule has 89 valence electrons. The van der Waals surface area contributed by atoms with Gasteiger partial charge in [0, 0.05) is 6.61 Å². The van der Waals surface area contributed by atoms with E-state index in [2.05, 4.69) is 56.5 Å². The molecule has 0 amide bonds. The molecule has 1 atom stereocenters. The summed E-state index contributed by atoms with van der Waals surface area (Å²) in [6.07, 6.45) is 2.21. The maximum Gasteiger partial charge on any atom is 0.0700 e. The van der Waals surface area contributed by atoms with Crippen molar-refractivity contribution < 1.29 is 4.74 Å². The average molecular weight is 227 g/mol. The average Bonchev–Trinajstić information content (AvgIpc) is 2.38. The van der Waals surface area contributed by atoms with Crippen molar-refractivity contribution in [2.75, 3.05) is 6.61 Å². The van der Waals surface area contributed by atoms with Crippen molar-refractivity contribution in [2.45, 2.75) is 25.7 Å². The summed E-state index contributed by atoms with van der Waals surface area (Å²) >= 11 is 0. The highest BCUT2D eigenvalue weighted by atomic mass is 16.5. The lowest BCUT2D eigenvalue weighted by molar-refractivity contribution is 0.232. The van der Waals surface area contributed by atoms with Crippen LogP contribution in [0.3, 0.4) is 0 Å². The summed E-state index contributed by atoms with van der Waals surface area (Å²) in [6, 6.07) is 15.1. The standard InChI is InChI=1S/C16H19O/c1-13(7-6-12-17-2)15-11-5-9-14-8-3-4-10-16(14)15/h3-5,8-11,13H,2,6-7,12H2,1H3. The van der Waals surface area contributed by atoms with E-state index in [-0.39, 0.29) is 0 Å². The van der Waals surface area contributed by atoms with E-state index in [1.54, 1.807) is 0 Å². The Bertz CT molecular complexity index is 470. The number of hydrogen-bond acceptors (Lipinski definition) is 1. The Balaban J connectivity index is 2.22. The number of benzene rings is 2. The molecule has 0 spiro atoms. The Hall–Kier alpha value is -1.34. The predicted octanol–water partition coefficient (Wildman–Crippen LogP) is 4.53. The van der Waals surface area contributed by atoms with Gasteiger partial charge < -0.3 is 4.74 Å². The highest BCUT2D eigenvalue weighted by molar-refractivity contribution is 5.86. The quantitative estimate of drug-likeness (QED) is 0.682. The van der Waals surface area contributed by atoms with Crippen molar-refractivity contribution in [1.82, 2.24) is 0 Å². The van der Waals surface area contributed by atoms with Crippen LogP contribution in [-0.4, -0.2) is 6.61 Å². The molecule has 1 heteroatoms. The molecule has 17 heavy (non-hydrogen) atoms. The third kappa shape index (κ3) is 2.86. The van der Waals surface area contributed by atoms with Gasteiger partial charge in [-0.1, -0.05) is 49.4 Å². The fraction of sp³-hybridized carbons (Fsp3) is 0.312. The molecule has 0 aliphatic heterocycles. The van der Waals surface area contributed by atoms with Crippen LogP contribution in [0.25, 0.3) is 10.8 Å². The lowest BCUT2D eigenvalue weighted by atomic mass is 9.92. The first-order valence-corrected chi connectivity index (χ1v) is 6.17. The van der Waals surface area contributed by atoms with Gasteiger partial charge in [-0.05, 0) is 35.1 Å². The molecule has 2 rings (SSSR count). The fourth-order valence-electron chi connectivity index (χ4n) is 2.33. The van der Waals surface area contributed by atoms with E-state index in [0.717, 1.165) is 19.4 Å². The van der Waals surface area contributed by atoms with Gasteiger partial charge in [0.2, 0.25) is 0 Å². The molecule has 0 saturated heterocycles. The van der Waals surface area contributed by atoms with Crippen molar-refractivity contribution in [3.05, 3.63) is 55.1 Å². The molecule has 2 aromatic rings. The van der Waals surface area contributed by atoms with Crippen molar-refractivity contribution in [1.29, 1.82) is 0 Å². The molecule has 0 saturated carbocycles. The summed E-state index contributed by atoms with van der Waals surface area (Å²) in [4.78, 5) is 0. The second-order valence-electron chi connectivity index (χ2n) is 4.52. The van der Waals surface area contributed by atoms with Gasteiger partial charge in [-0.15, -0.1) is 0 Å². The van der Waals surface area contributed by atoms with Crippen molar-refractivity contribution in [3.8, 4) is 0 Å². The summed E-state index contributed by atoms with van der Waals surface area (Å²) in [5.41, 5.74) is 1.44. The summed E-state index contributed by atoms with van der Waals surface area (Å²) in [5.74, 6) is 0.566. The molecular formula is C16H19O. The molecule has 0 fully saturated rings. The van der Waals surface area contributed by atoms with Crippen LogP contribution < -0.4 is 0 Å². The van der Waals surface area contributed by atoms with E-state index in [0.29, 0.717) is 5.92 Å². The van der Waals surface area contributed by atoms with E-state index in [9.17, 15) is 0 Å². The number of hydrogen-bond donors (Lipinski definition) is 0. The summed E-state index contributed by atoms with van der Waals surface area (Å²) in [6.45, 7) is 3.03. The molecule has 1 nitrogen and oxygen atoms in total. The first-order valence-electron chi connectivity index (χ1n) is 6.17. The Morgan fingerprint density at radius 2 is 1.88 bits per heavy atom. The summed E-state index contributed by atoms with van der Waals surface area (Å²) < 4.78 is 4.87. The second kappa shape index (κ2) is 5.83. The zero-order valence-corrected chi connectivity index (χ0v) is 10.4. The largest absolute Gasteiger partial charge is 0.379 e. The van der Waals surface area contributed by atoms with Gasteiger partial charge in [-0.25, -0.2) is 0 Å². The molecule has 0 aliphatic carbocycles. The molecule has 0 aliphatic rings. The molecule has 0 aromatic heterocycles. The molecule has 0 bridgehead atoms. The van der Waals surface area contributed by atoms with Gasteiger partial charge in [0.25, 0.3) is 0 Å². The zero-order valence-electron chi connectivity index (χ0n) is 10.4. The van der Waals surface area contributed by atoms with E-state index < -0.39 is 0 Å². The maximum absolute atomic E-state index is 4.87. The van der Waals surface area contributed by atoms with Gasteiger partial charge in [0.1, 0.15) is 0 Å². The van der Waals surface area contributed by atoms with E-state index >= 15 is 0 Å². The fourth-order valence-corrected chi connectivity index (χ4v) is 2.33. The van der Waals surface area contributed by atoms with E-state index in [1.807, 2.05) is 0 Å². The van der Waals surface area contributed by atoms with Crippen LogP contribution in [0.4, 0.5) is 0 Å². The smallest absolute Gasteiger partial charge is 0.0700 e. The van der Waals surface area contributed by atoms with Crippen molar-refractivity contribution in [3.63, 3.8) is 0 Å². The van der Waals surface area contributed by atoms with Crippen LogP contribution in [0.5, 0.6) is 0 Å². The van der Waals surface area contributed by atoms with Crippen LogP contribution in [0.2, 0.25) is 0 Å². The summed E-state index contributed by atoms with van der Waals surface area (Å²) in [7, 11) is 3.41. The molecule has 1 unspecified atom stereocenters. The number of fused-ring (bicyclic) bond motifs is 1. The van der Waals surface area contributed by atoms with Crippen LogP contribution in [-0.2, 0) is 4.74 Å². The second-order valence-corrected chi connectivity index (χ2v) is 4.52. The van der Waals surface area contributed by atoms with Gasteiger partial charge in [0.05, 0.1) is 7.11 Å². The third-order valence-electron chi connectivity index (χ3n) is 3.28. The highest BCUT2D eigenvalue weighted by Crippen LogP contribution is 2.28. The number of ether oxygens (including phenoxy) is 1. The van der Waals surface area contributed by atoms with Gasteiger partial charge in [-0.2, -0.15) is 0 Å². The Kier molecular flexibility index (Phi) is 4.16. The molecule has 0 heterocycles. The summed E-state index contributed by atoms with van der Waals surface area (Å²) in [5, 5.41) is 2.70. The van der Waals surface area contributed by atoms with Crippen LogP contribution in [0, 0.1) is 7.11 Å². The zero-order chi connectivity index (χ0) is 12.1. The Morgan fingerprint density at radius 1 is 1.12 bits per heavy atom. The maximum atomic E-state index is 4.87. The minimum absolute atomic E-state index is 0.566. The monoisotopic (exact) mass is 227 g/mol. The van der Waals surface area contributed by atoms with Crippen LogP contribution in [0.15, 0.2) is 42.5 Å². The van der Waals surface area contributed by atoms with E-state index in [4.69, 9.17) is 4.74 Å². The van der Waals surface area contributed by atoms with Crippen molar-refractivity contribution in [2.24, 2.45) is 0 Å². The Morgan fingerprint density at radius 3 is 2.71 bits per heavy atom. The topological polar surface area (TPSA) is 9.23 Å². The SMILES string of the molecule is [CH2]OCCCC(C)c1cccc2ccccc12. The lowest BCUT2D eigenvalue weighted by Crippen LogP contribution is -1.97. The van der Waals surface area contributed by atoms with Crippen LogP contribution >= 0.6 is 0 Å². The first kappa shape index (κ1) is 12.1. The highest BCUT2D eigenvalue weighted by Gasteiger charge is 2.08. The van der Waals surface area contributed by atoms with Gasteiger partial charge >= 0.3 is 0 Å².